The van der Waals surface area contributed by atoms with Gasteiger partial charge in [-0.1, -0.05) is 5.11 Å². The van der Waals surface area contributed by atoms with Gasteiger partial charge in [-0.25, -0.2) is 0 Å². The molecule has 0 saturated heterocycles. The van der Waals surface area contributed by atoms with E-state index in [0.29, 0.717) is 13.2 Å². The first-order chi connectivity index (χ1) is 13.2. The topological polar surface area (TPSA) is 127 Å². The summed E-state index contributed by atoms with van der Waals surface area (Å²) in [6, 6.07) is 0.333. The minimum Gasteiger partial charge on any atom is -0.466 e. The molecule has 0 aromatic rings. The number of nitrogens with zero attached hydrogens (tertiary/aromatic N) is 3. The molecule has 2 aliphatic carbocycles. The largest absolute Gasteiger partial charge is 0.466 e. The number of hydrogen-bond donors (Lipinski definition) is 1. The Morgan fingerprint density at radius 1 is 0.964 bits per heavy atom. The highest BCUT2D eigenvalue weighted by Crippen LogP contribution is 2.38. The van der Waals surface area contributed by atoms with Gasteiger partial charge in [-0.3, -0.25) is 9.59 Å². The summed E-state index contributed by atoms with van der Waals surface area (Å²) in [5, 5.41) is 3.68. The van der Waals surface area contributed by atoms with E-state index in [-0.39, 0.29) is 34.9 Å². The summed E-state index contributed by atoms with van der Waals surface area (Å²) >= 11 is 0. The van der Waals surface area contributed by atoms with Gasteiger partial charge in [0.05, 0.1) is 24.0 Å². The molecule has 0 aliphatic heterocycles. The molecule has 0 unspecified atom stereocenters. The fourth-order valence-electron chi connectivity index (χ4n) is 3.72. The van der Waals surface area contributed by atoms with Crippen LogP contribution < -0.4 is 5.73 Å². The zero-order chi connectivity index (χ0) is 21.2. The summed E-state index contributed by atoms with van der Waals surface area (Å²) in [5.74, 6) is -0.175. The molecule has 8 heteroatoms. The van der Waals surface area contributed by atoms with Gasteiger partial charge in [0.1, 0.15) is 0 Å². The van der Waals surface area contributed by atoms with E-state index < -0.39 is 0 Å². The average Bonchev–Trinajstić information content (AvgIpc) is 2.67. The standard InChI is InChI=1S/C10H17N3O2.C10H19NO2/c1-3-15-9(14)10(2)6-4-8(5-7-10)12-13-11;1-3-13-9(12)10(2)6-4-8(11)5-7-10/h8H,3-7H2,1-2H3;8H,3-7,11H2,1-2H3. The zero-order valence-corrected chi connectivity index (χ0v) is 17.8. The lowest BCUT2D eigenvalue weighted by atomic mass is 9.74. The Balaban J connectivity index is 0.000000283. The van der Waals surface area contributed by atoms with E-state index >= 15 is 0 Å². The minimum atomic E-state index is -0.377. The van der Waals surface area contributed by atoms with Crippen molar-refractivity contribution in [1.82, 2.24) is 0 Å². The SMILES string of the molecule is CCOC(=O)C1(C)CCC(N)CC1.CCOC(=O)C1(C)CCC(N=[N+]=[N-])CC1. The Hall–Kier alpha value is -1.79. The number of carbonyl (C=O) groups excluding carboxylic acids is 2. The number of rotatable bonds is 5. The van der Waals surface area contributed by atoms with Crippen LogP contribution in [0, 0.1) is 10.8 Å². The van der Waals surface area contributed by atoms with Gasteiger partial charge in [0, 0.05) is 17.0 Å². The molecule has 0 aromatic carbocycles. The second kappa shape index (κ2) is 11.3. The highest BCUT2D eigenvalue weighted by atomic mass is 16.5. The highest BCUT2D eigenvalue weighted by molar-refractivity contribution is 5.76. The van der Waals surface area contributed by atoms with Crippen molar-refractivity contribution < 1.29 is 19.1 Å². The van der Waals surface area contributed by atoms with Crippen LogP contribution in [0.5, 0.6) is 0 Å². The summed E-state index contributed by atoms with van der Waals surface area (Å²) in [6.45, 7) is 8.46. The molecule has 2 N–H and O–H groups in total. The maximum Gasteiger partial charge on any atom is 0.311 e. The van der Waals surface area contributed by atoms with Crippen LogP contribution in [-0.4, -0.2) is 37.2 Å². The summed E-state index contributed by atoms with van der Waals surface area (Å²) < 4.78 is 10.1. The lowest BCUT2D eigenvalue weighted by Crippen LogP contribution is -2.38. The van der Waals surface area contributed by atoms with Crippen LogP contribution in [0.15, 0.2) is 5.11 Å². The lowest BCUT2D eigenvalue weighted by Gasteiger charge is -2.33. The molecular weight excluding hydrogens is 360 g/mol. The van der Waals surface area contributed by atoms with Crippen molar-refractivity contribution in [3.63, 3.8) is 0 Å². The number of esters is 2. The van der Waals surface area contributed by atoms with Gasteiger partial charge in [0.25, 0.3) is 0 Å². The molecule has 2 rings (SSSR count). The van der Waals surface area contributed by atoms with Crippen LogP contribution >= 0.6 is 0 Å². The predicted molar refractivity (Wildman–Crippen MR) is 107 cm³/mol. The van der Waals surface area contributed by atoms with Crippen LogP contribution in [-0.2, 0) is 19.1 Å². The van der Waals surface area contributed by atoms with Gasteiger partial charge in [-0.15, -0.1) is 0 Å². The Kier molecular flexibility index (Phi) is 9.76. The van der Waals surface area contributed by atoms with E-state index in [1.54, 1.807) is 0 Å². The van der Waals surface area contributed by atoms with Crippen molar-refractivity contribution in [2.24, 2.45) is 21.7 Å². The van der Waals surface area contributed by atoms with E-state index in [2.05, 4.69) is 10.0 Å². The second-order valence-corrected chi connectivity index (χ2v) is 8.34. The van der Waals surface area contributed by atoms with Crippen molar-refractivity contribution in [1.29, 1.82) is 0 Å². The maximum absolute atomic E-state index is 11.7. The predicted octanol–water partition coefficient (Wildman–Crippen LogP) is 4.27. The lowest BCUT2D eigenvalue weighted by molar-refractivity contribution is -0.157. The molecule has 0 bridgehead atoms. The molecule has 2 fully saturated rings. The Labute approximate surface area is 168 Å². The third-order valence-corrected chi connectivity index (χ3v) is 5.94. The molecule has 0 spiro atoms. The van der Waals surface area contributed by atoms with Crippen molar-refractivity contribution in [2.75, 3.05) is 13.2 Å². The van der Waals surface area contributed by atoms with Crippen molar-refractivity contribution >= 4 is 11.9 Å². The van der Waals surface area contributed by atoms with Gasteiger partial charge < -0.3 is 15.2 Å². The van der Waals surface area contributed by atoms with Gasteiger partial charge >= 0.3 is 11.9 Å². The number of hydrogen-bond acceptors (Lipinski definition) is 6. The maximum atomic E-state index is 11.7. The molecule has 0 atom stereocenters. The minimum absolute atomic E-state index is 0.0532. The van der Waals surface area contributed by atoms with E-state index in [0.717, 1.165) is 51.4 Å². The monoisotopic (exact) mass is 396 g/mol. The fourth-order valence-corrected chi connectivity index (χ4v) is 3.72. The van der Waals surface area contributed by atoms with Crippen molar-refractivity contribution in [2.45, 2.75) is 91.1 Å². The van der Waals surface area contributed by atoms with Gasteiger partial charge in [-0.05, 0) is 84.6 Å². The molecule has 0 aromatic heterocycles. The summed E-state index contributed by atoms with van der Waals surface area (Å²) in [7, 11) is 0. The van der Waals surface area contributed by atoms with Crippen LogP contribution in [0.2, 0.25) is 0 Å². The summed E-state index contributed by atoms with van der Waals surface area (Å²) in [5.41, 5.74) is 13.4. The Morgan fingerprint density at radius 3 is 1.71 bits per heavy atom. The van der Waals surface area contributed by atoms with E-state index in [4.69, 9.17) is 20.7 Å². The molecular formula is C20H36N4O4. The van der Waals surface area contributed by atoms with Gasteiger partial charge in [0.2, 0.25) is 0 Å². The quantitative estimate of drug-likeness (QED) is 0.321. The molecule has 8 nitrogen and oxygen atoms in total. The van der Waals surface area contributed by atoms with Crippen LogP contribution in [0.3, 0.4) is 0 Å². The fraction of sp³-hybridized carbons (Fsp3) is 0.900. The third-order valence-electron chi connectivity index (χ3n) is 5.94. The molecule has 2 saturated carbocycles. The third kappa shape index (κ3) is 6.99. The first-order valence-corrected chi connectivity index (χ1v) is 10.3. The number of ether oxygens (including phenoxy) is 2. The van der Waals surface area contributed by atoms with Crippen LogP contribution in [0.4, 0.5) is 0 Å². The molecule has 0 amide bonds. The first-order valence-electron chi connectivity index (χ1n) is 10.3. The molecule has 0 heterocycles. The molecule has 0 radical (unpaired) electrons. The van der Waals surface area contributed by atoms with Crippen LogP contribution in [0.25, 0.3) is 10.4 Å². The van der Waals surface area contributed by atoms with E-state index in [1.807, 2.05) is 27.7 Å². The van der Waals surface area contributed by atoms with Crippen LogP contribution in [0.1, 0.15) is 79.1 Å². The van der Waals surface area contributed by atoms with Gasteiger partial charge in [-0.2, -0.15) is 0 Å². The summed E-state index contributed by atoms with van der Waals surface area (Å²) in [6.07, 6.45) is 6.66. The highest BCUT2D eigenvalue weighted by Gasteiger charge is 2.39. The number of nitrogens with two attached hydrogens (primary N) is 1. The zero-order valence-electron chi connectivity index (χ0n) is 17.8. The Bertz CT molecular complexity index is 559. The molecule has 2 aliphatic rings. The molecule has 160 valence electrons. The smallest absolute Gasteiger partial charge is 0.311 e. The van der Waals surface area contributed by atoms with E-state index in [9.17, 15) is 9.59 Å². The molecule has 28 heavy (non-hydrogen) atoms. The summed E-state index contributed by atoms with van der Waals surface area (Å²) in [4.78, 5) is 26.0. The van der Waals surface area contributed by atoms with Gasteiger partial charge in [0.15, 0.2) is 0 Å². The first kappa shape index (κ1) is 24.2. The average molecular weight is 397 g/mol. The Morgan fingerprint density at radius 2 is 1.36 bits per heavy atom. The van der Waals surface area contributed by atoms with Crippen molar-refractivity contribution in [3.8, 4) is 0 Å². The van der Waals surface area contributed by atoms with E-state index in [1.165, 1.54) is 0 Å². The number of azide groups is 1. The normalized spacial score (nSPS) is 32.2. The second-order valence-electron chi connectivity index (χ2n) is 8.34. The van der Waals surface area contributed by atoms with Crippen molar-refractivity contribution in [3.05, 3.63) is 10.4 Å². The number of carbonyl (C=O) groups is 2.